The lowest BCUT2D eigenvalue weighted by Gasteiger charge is -2.11. The van der Waals surface area contributed by atoms with E-state index in [-0.39, 0.29) is 0 Å². The van der Waals surface area contributed by atoms with E-state index < -0.39 is 0 Å². The summed E-state index contributed by atoms with van der Waals surface area (Å²) in [5.74, 6) is 1.46. The third-order valence-electron chi connectivity index (χ3n) is 4.09. The van der Waals surface area contributed by atoms with Crippen molar-refractivity contribution in [3.8, 4) is 0 Å². The zero-order valence-corrected chi connectivity index (χ0v) is 14.8. The lowest BCUT2D eigenvalue weighted by molar-refractivity contribution is 0.858. The standard InChI is InChI=1S/C21H24N4/c1-16-10-11-17(2)19(15-16)24-21-23-14-12-20(25-21)22-13-6-9-18-7-4-3-5-8-18/h3-5,7-8,10-12,14-15H,6,9,13H2,1-2H3,(H2,22,23,24,25). The second-order valence-corrected chi connectivity index (χ2v) is 6.22. The third kappa shape index (κ3) is 5.05. The van der Waals surface area contributed by atoms with Crippen LogP contribution in [0.3, 0.4) is 0 Å². The van der Waals surface area contributed by atoms with E-state index in [9.17, 15) is 0 Å². The smallest absolute Gasteiger partial charge is 0.229 e. The van der Waals surface area contributed by atoms with Gasteiger partial charge in [-0.05, 0) is 55.5 Å². The zero-order chi connectivity index (χ0) is 17.5. The molecule has 0 saturated carbocycles. The van der Waals surface area contributed by atoms with Gasteiger partial charge >= 0.3 is 0 Å². The van der Waals surface area contributed by atoms with Crippen molar-refractivity contribution in [1.82, 2.24) is 9.97 Å². The average Bonchev–Trinajstić information content (AvgIpc) is 2.63. The van der Waals surface area contributed by atoms with E-state index in [1.54, 1.807) is 6.20 Å². The summed E-state index contributed by atoms with van der Waals surface area (Å²) in [6.07, 6.45) is 3.90. The van der Waals surface area contributed by atoms with Gasteiger partial charge in [0.05, 0.1) is 0 Å². The van der Waals surface area contributed by atoms with E-state index in [1.807, 2.05) is 12.1 Å². The molecule has 0 spiro atoms. The van der Waals surface area contributed by atoms with Crippen LogP contribution >= 0.6 is 0 Å². The Morgan fingerprint density at radius 1 is 0.960 bits per heavy atom. The molecule has 0 unspecified atom stereocenters. The van der Waals surface area contributed by atoms with Gasteiger partial charge in [-0.2, -0.15) is 4.98 Å². The molecule has 4 heteroatoms. The van der Waals surface area contributed by atoms with Crippen LogP contribution in [-0.2, 0) is 6.42 Å². The van der Waals surface area contributed by atoms with Crippen LogP contribution < -0.4 is 10.6 Å². The van der Waals surface area contributed by atoms with Crippen LogP contribution in [-0.4, -0.2) is 16.5 Å². The molecule has 0 aliphatic heterocycles. The quantitative estimate of drug-likeness (QED) is 0.605. The third-order valence-corrected chi connectivity index (χ3v) is 4.09. The Balaban J connectivity index is 1.55. The van der Waals surface area contributed by atoms with Crippen molar-refractivity contribution < 1.29 is 0 Å². The first-order chi connectivity index (χ1) is 12.2. The summed E-state index contributed by atoms with van der Waals surface area (Å²) in [6.45, 7) is 5.04. The number of nitrogens with zero attached hydrogens (tertiary/aromatic N) is 2. The highest BCUT2D eigenvalue weighted by atomic mass is 15.1. The van der Waals surface area contributed by atoms with Gasteiger partial charge < -0.3 is 10.6 Å². The molecule has 0 fully saturated rings. The highest BCUT2D eigenvalue weighted by Crippen LogP contribution is 2.20. The maximum Gasteiger partial charge on any atom is 0.229 e. The number of anilines is 3. The van der Waals surface area contributed by atoms with E-state index in [2.05, 4.69) is 76.9 Å². The van der Waals surface area contributed by atoms with Crippen molar-refractivity contribution >= 4 is 17.5 Å². The molecule has 0 amide bonds. The van der Waals surface area contributed by atoms with Crippen LogP contribution in [0.25, 0.3) is 0 Å². The molecule has 2 aromatic carbocycles. The SMILES string of the molecule is Cc1ccc(C)c(Nc2nccc(NCCCc3ccccc3)n2)c1. The summed E-state index contributed by atoms with van der Waals surface area (Å²) >= 11 is 0. The van der Waals surface area contributed by atoms with Crippen molar-refractivity contribution in [1.29, 1.82) is 0 Å². The van der Waals surface area contributed by atoms with Gasteiger partial charge in [0.25, 0.3) is 0 Å². The minimum Gasteiger partial charge on any atom is -0.370 e. The predicted octanol–water partition coefficient (Wildman–Crippen LogP) is 4.88. The number of nitrogens with one attached hydrogen (secondary N) is 2. The minimum absolute atomic E-state index is 0.613. The monoisotopic (exact) mass is 332 g/mol. The van der Waals surface area contributed by atoms with E-state index in [0.717, 1.165) is 30.9 Å². The Morgan fingerprint density at radius 3 is 2.64 bits per heavy atom. The fraction of sp³-hybridized carbons (Fsp3) is 0.238. The summed E-state index contributed by atoms with van der Waals surface area (Å²) < 4.78 is 0. The molecule has 2 N–H and O–H groups in total. The van der Waals surface area contributed by atoms with Crippen molar-refractivity contribution in [2.75, 3.05) is 17.2 Å². The van der Waals surface area contributed by atoms with Gasteiger partial charge in [0.1, 0.15) is 5.82 Å². The second-order valence-electron chi connectivity index (χ2n) is 6.22. The number of aryl methyl sites for hydroxylation is 3. The van der Waals surface area contributed by atoms with Gasteiger partial charge in [0.2, 0.25) is 5.95 Å². The van der Waals surface area contributed by atoms with E-state index in [0.29, 0.717) is 5.95 Å². The largest absolute Gasteiger partial charge is 0.370 e. The van der Waals surface area contributed by atoms with Gasteiger partial charge in [0, 0.05) is 18.4 Å². The molecule has 0 bridgehead atoms. The minimum atomic E-state index is 0.613. The van der Waals surface area contributed by atoms with Crippen molar-refractivity contribution in [2.45, 2.75) is 26.7 Å². The van der Waals surface area contributed by atoms with Crippen molar-refractivity contribution in [2.24, 2.45) is 0 Å². The molecule has 1 heterocycles. The molecule has 1 aromatic heterocycles. The van der Waals surface area contributed by atoms with Gasteiger partial charge in [-0.3, -0.25) is 0 Å². The Morgan fingerprint density at radius 2 is 1.80 bits per heavy atom. The first-order valence-corrected chi connectivity index (χ1v) is 8.66. The fourth-order valence-corrected chi connectivity index (χ4v) is 2.66. The molecule has 0 atom stereocenters. The van der Waals surface area contributed by atoms with Gasteiger partial charge in [-0.25, -0.2) is 4.98 Å². The van der Waals surface area contributed by atoms with E-state index in [4.69, 9.17) is 0 Å². The Labute approximate surface area is 149 Å². The van der Waals surface area contributed by atoms with Crippen molar-refractivity contribution in [3.05, 3.63) is 77.5 Å². The van der Waals surface area contributed by atoms with Crippen LogP contribution in [0, 0.1) is 13.8 Å². The fourth-order valence-electron chi connectivity index (χ4n) is 2.66. The number of hydrogen-bond acceptors (Lipinski definition) is 4. The highest BCUT2D eigenvalue weighted by molar-refractivity contribution is 5.60. The second kappa shape index (κ2) is 8.29. The van der Waals surface area contributed by atoms with Gasteiger partial charge in [-0.1, -0.05) is 42.5 Å². The summed E-state index contributed by atoms with van der Waals surface area (Å²) in [6, 6.07) is 18.8. The molecule has 0 aliphatic carbocycles. The lowest BCUT2D eigenvalue weighted by atomic mass is 10.1. The van der Waals surface area contributed by atoms with Crippen LogP contribution in [0.4, 0.5) is 17.5 Å². The number of rotatable bonds is 7. The molecule has 25 heavy (non-hydrogen) atoms. The van der Waals surface area contributed by atoms with E-state index >= 15 is 0 Å². The Kier molecular flexibility index (Phi) is 5.62. The molecular formula is C21H24N4. The van der Waals surface area contributed by atoms with Crippen LogP contribution in [0.2, 0.25) is 0 Å². The zero-order valence-electron chi connectivity index (χ0n) is 14.8. The molecule has 0 aliphatic rings. The molecular weight excluding hydrogens is 308 g/mol. The Hall–Kier alpha value is -2.88. The maximum atomic E-state index is 4.55. The molecule has 4 nitrogen and oxygen atoms in total. The number of hydrogen-bond donors (Lipinski definition) is 2. The van der Waals surface area contributed by atoms with Gasteiger partial charge in [-0.15, -0.1) is 0 Å². The normalized spacial score (nSPS) is 10.5. The number of aromatic nitrogens is 2. The molecule has 0 radical (unpaired) electrons. The Bertz CT molecular complexity index is 815. The molecule has 3 aromatic rings. The number of benzene rings is 2. The van der Waals surface area contributed by atoms with Crippen LogP contribution in [0.1, 0.15) is 23.1 Å². The van der Waals surface area contributed by atoms with Crippen LogP contribution in [0.15, 0.2) is 60.8 Å². The summed E-state index contributed by atoms with van der Waals surface area (Å²) in [5.41, 5.74) is 4.80. The van der Waals surface area contributed by atoms with E-state index in [1.165, 1.54) is 16.7 Å². The summed E-state index contributed by atoms with van der Waals surface area (Å²) in [4.78, 5) is 8.87. The topological polar surface area (TPSA) is 49.8 Å². The first-order valence-electron chi connectivity index (χ1n) is 8.66. The molecule has 128 valence electrons. The molecule has 3 rings (SSSR count). The summed E-state index contributed by atoms with van der Waals surface area (Å²) in [7, 11) is 0. The maximum absolute atomic E-state index is 4.55. The van der Waals surface area contributed by atoms with Crippen molar-refractivity contribution in [3.63, 3.8) is 0 Å². The lowest BCUT2D eigenvalue weighted by Crippen LogP contribution is -2.06. The first kappa shape index (κ1) is 17.0. The van der Waals surface area contributed by atoms with Gasteiger partial charge in [0.15, 0.2) is 0 Å². The van der Waals surface area contributed by atoms with Crippen LogP contribution in [0.5, 0.6) is 0 Å². The average molecular weight is 332 g/mol. The summed E-state index contributed by atoms with van der Waals surface area (Å²) in [5, 5.41) is 6.68. The molecule has 0 saturated heterocycles. The highest BCUT2D eigenvalue weighted by Gasteiger charge is 2.03. The predicted molar refractivity (Wildman–Crippen MR) is 104 cm³/mol.